The van der Waals surface area contributed by atoms with E-state index in [-0.39, 0.29) is 11.3 Å². The van der Waals surface area contributed by atoms with E-state index in [1.165, 1.54) is 29.2 Å². The van der Waals surface area contributed by atoms with Gasteiger partial charge in [-0.15, -0.1) is 0 Å². The minimum Gasteiger partial charge on any atom is -0.507 e. The monoisotopic (exact) mass is 486 g/mol. The maximum absolute atomic E-state index is 13.8. The number of halogens is 1. The Morgan fingerprint density at radius 1 is 0.944 bits per heavy atom. The zero-order valence-electron chi connectivity index (χ0n) is 20.2. The molecule has 2 aliphatic rings. The average molecular weight is 487 g/mol. The molecule has 1 N–H and O–H groups in total. The summed E-state index contributed by atoms with van der Waals surface area (Å²) in [6, 6.07) is 17.3. The van der Waals surface area contributed by atoms with Crippen molar-refractivity contribution in [1.82, 2.24) is 0 Å². The minimum atomic E-state index is -0.912. The van der Waals surface area contributed by atoms with Crippen LogP contribution in [0.4, 0.5) is 15.8 Å². The number of anilines is 2. The first-order chi connectivity index (χ1) is 17.4. The van der Waals surface area contributed by atoms with Crippen LogP contribution in [0.2, 0.25) is 0 Å². The van der Waals surface area contributed by atoms with Gasteiger partial charge in [-0.05, 0) is 85.5 Å². The molecule has 1 unspecified atom stereocenters. The molecule has 2 aliphatic heterocycles. The van der Waals surface area contributed by atoms with Gasteiger partial charge in [-0.3, -0.25) is 14.5 Å². The van der Waals surface area contributed by atoms with Crippen molar-refractivity contribution in [1.29, 1.82) is 0 Å². The van der Waals surface area contributed by atoms with E-state index in [0.717, 1.165) is 31.6 Å². The number of carbonyl (C=O) groups is 2. The molecule has 0 bridgehead atoms. The highest BCUT2D eigenvalue weighted by Gasteiger charge is 2.47. The number of aliphatic hydroxyl groups is 1. The Morgan fingerprint density at radius 2 is 1.58 bits per heavy atom. The number of aryl methyl sites for hydroxylation is 1. The van der Waals surface area contributed by atoms with Crippen LogP contribution in [0.1, 0.15) is 35.6 Å². The number of hydrogen-bond acceptors (Lipinski definition) is 5. The Morgan fingerprint density at radius 3 is 2.19 bits per heavy atom. The predicted octanol–water partition coefficient (Wildman–Crippen LogP) is 5.37. The molecule has 1 atom stereocenters. The summed E-state index contributed by atoms with van der Waals surface area (Å²) < 4.78 is 19.0. The van der Waals surface area contributed by atoms with Crippen LogP contribution in [-0.4, -0.2) is 37.0 Å². The number of ketones is 1. The highest BCUT2D eigenvalue weighted by molar-refractivity contribution is 6.51. The van der Waals surface area contributed by atoms with E-state index in [9.17, 15) is 19.1 Å². The lowest BCUT2D eigenvalue weighted by Gasteiger charge is -2.26. The smallest absolute Gasteiger partial charge is 0.300 e. The molecule has 0 saturated carbocycles. The molecular formula is C29H27FN2O4. The Bertz CT molecular complexity index is 1340. The van der Waals surface area contributed by atoms with Crippen molar-refractivity contribution in [3.05, 3.63) is 94.8 Å². The molecule has 3 aromatic carbocycles. The summed E-state index contributed by atoms with van der Waals surface area (Å²) in [5.41, 5.74) is 3.17. The van der Waals surface area contributed by atoms with Crippen LogP contribution < -0.4 is 14.5 Å². The van der Waals surface area contributed by atoms with Crippen molar-refractivity contribution in [2.75, 3.05) is 30.0 Å². The van der Waals surface area contributed by atoms with Gasteiger partial charge in [0, 0.05) is 30.0 Å². The van der Waals surface area contributed by atoms with Crippen LogP contribution >= 0.6 is 0 Å². The van der Waals surface area contributed by atoms with E-state index in [4.69, 9.17) is 4.74 Å². The lowest BCUT2D eigenvalue weighted by Crippen LogP contribution is -2.29. The van der Waals surface area contributed by atoms with Gasteiger partial charge in [0.25, 0.3) is 11.7 Å². The van der Waals surface area contributed by atoms with Gasteiger partial charge in [0.2, 0.25) is 0 Å². The SMILES string of the molecule is COc1ccc(/C(O)=C2/C(=O)C(=O)N(c3ccc(N4CCCC4)cc3)C2c2ccc(F)cc2)c(C)c1. The van der Waals surface area contributed by atoms with E-state index in [1.54, 1.807) is 32.2 Å². The third-order valence-corrected chi connectivity index (χ3v) is 6.92. The van der Waals surface area contributed by atoms with Crippen molar-refractivity contribution in [3.8, 4) is 5.75 Å². The number of amides is 1. The number of Topliss-reactive ketones (excluding diaryl/α,β-unsaturated/α-hetero) is 1. The zero-order chi connectivity index (χ0) is 25.4. The second-order valence-electron chi connectivity index (χ2n) is 9.11. The first kappa shape index (κ1) is 23.6. The number of benzene rings is 3. The summed E-state index contributed by atoms with van der Waals surface area (Å²) in [7, 11) is 1.55. The maximum Gasteiger partial charge on any atom is 0.300 e. The van der Waals surface area contributed by atoms with Crippen molar-refractivity contribution in [2.24, 2.45) is 0 Å². The van der Waals surface area contributed by atoms with E-state index in [0.29, 0.717) is 28.1 Å². The fraction of sp³-hybridized carbons (Fsp3) is 0.241. The number of hydrogen-bond donors (Lipinski definition) is 1. The summed E-state index contributed by atoms with van der Waals surface area (Å²) >= 11 is 0. The Kier molecular flexibility index (Phi) is 6.22. The Labute approximate surface area is 209 Å². The number of nitrogens with zero attached hydrogens (tertiary/aromatic N) is 2. The molecule has 0 aromatic heterocycles. The molecule has 1 amide bonds. The molecule has 184 valence electrons. The first-order valence-corrected chi connectivity index (χ1v) is 12.0. The molecule has 7 heteroatoms. The molecular weight excluding hydrogens is 459 g/mol. The summed E-state index contributed by atoms with van der Waals surface area (Å²) in [6.07, 6.45) is 2.29. The maximum atomic E-state index is 13.8. The highest BCUT2D eigenvalue weighted by Crippen LogP contribution is 2.43. The van der Waals surface area contributed by atoms with Crippen LogP contribution in [0.5, 0.6) is 5.75 Å². The number of ether oxygens (including phenoxy) is 1. The predicted molar refractivity (Wildman–Crippen MR) is 137 cm³/mol. The Balaban J connectivity index is 1.63. The van der Waals surface area contributed by atoms with Crippen LogP contribution in [0, 0.1) is 12.7 Å². The van der Waals surface area contributed by atoms with Crippen LogP contribution in [0.3, 0.4) is 0 Å². The zero-order valence-corrected chi connectivity index (χ0v) is 20.2. The van der Waals surface area contributed by atoms with Gasteiger partial charge in [-0.1, -0.05) is 12.1 Å². The topological polar surface area (TPSA) is 70.1 Å². The number of methoxy groups -OCH3 is 1. The Hall–Kier alpha value is -4.13. The van der Waals surface area contributed by atoms with Gasteiger partial charge in [0.1, 0.15) is 17.3 Å². The first-order valence-electron chi connectivity index (χ1n) is 12.0. The molecule has 3 aromatic rings. The molecule has 0 aliphatic carbocycles. The lowest BCUT2D eigenvalue weighted by molar-refractivity contribution is -0.132. The average Bonchev–Trinajstić information content (AvgIpc) is 3.51. The number of rotatable bonds is 5. The normalized spacial score (nSPS) is 19.2. The standard InChI is InChI=1S/C29H27FN2O4/c1-18-17-23(36-2)13-14-24(18)27(33)25-26(19-5-7-20(30)8-6-19)32(29(35)28(25)34)22-11-9-21(10-12-22)31-15-3-4-16-31/h5-14,17,26,33H,3-4,15-16H2,1-2H3/b27-25-. The summed E-state index contributed by atoms with van der Waals surface area (Å²) in [4.78, 5) is 30.4. The van der Waals surface area contributed by atoms with Gasteiger partial charge in [-0.2, -0.15) is 0 Å². The van der Waals surface area contributed by atoms with Gasteiger partial charge >= 0.3 is 0 Å². The molecule has 6 nitrogen and oxygen atoms in total. The van der Waals surface area contributed by atoms with Gasteiger partial charge in [-0.25, -0.2) is 4.39 Å². The van der Waals surface area contributed by atoms with Crippen molar-refractivity contribution >= 4 is 28.8 Å². The molecule has 0 radical (unpaired) electrons. The molecule has 2 heterocycles. The van der Waals surface area contributed by atoms with Gasteiger partial charge in [0.15, 0.2) is 0 Å². The van der Waals surface area contributed by atoms with E-state index in [1.807, 2.05) is 24.3 Å². The van der Waals surface area contributed by atoms with Crippen LogP contribution in [-0.2, 0) is 9.59 Å². The van der Waals surface area contributed by atoms with Crippen molar-refractivity contribution in [3.63, 3.8) is 0 Å². The van der Waals surface area contributed by atoms with Gasteiger partial charge in [0.05, 0.1) is 18.7 Å². The van der Waals surface area contributed by atoms with Crippen LogP contribution in [0.25, 0.3) is 5.76 Å². The summed E-state index contributed by atoms with van der Waals surface area (Å²) in [6.45, 7) is 3.76. The van der Waals surface area contributed by atoms with E-state index < -0.39 is 23.5 Å². The quantitative estimate of drug-likeness (QED) is 0.298. The van der Waals surface area contributed by atoms with Gasteiger partial charge < -0.3 is 14.7 Å². The fourth-order valence-electron chi connectivity index (χ4n) is 5.03. The number of aliphatic hydroxyl groups excluding tert-OH is 1. The molecule has 2 fully saturated rings. The fourth-order valence-corrected chi connectivity index (χ4v) is 5.03. The summed E-state index contributed by atoms with van der Waals surface area (Å²) in [5, 5.41) is 11.3. The third kappa shape index (κ3) is 4.11. The molecule has 36 heavy (non-hydrogen) atoms. The third-order valence-electron chi connectivity index (χ3n) is 6.92. The van der Waals surface area contributed by atoms with E-state index in [2.05, 4.69) is 4.90 Å². The minimum absolute atomic E-state index is 0.0384. The lowest BCUT2D eigenvalue weighted by atomic mass is 9.93. The summed E-state index contributed by atoms with van der Waals surface area (Å²) in [5.74, 6) is -1.64. The highest BCUT2D eigenvalue weighted by atomic mass is 19.1. The van der Waals surface area contributed by atoms with Crippen molar-refractivity contribution < 1.29 is 23.8 Å². The second kappa shape index (κ2) is 9.49. The molecule has 2 saturated heterocycles. The van der Waals surface area contributed by atoms with Crippen molar-refractivity contribution in [2.45, 2.75) is 25.8 Å². The van der Waals surface area contributed by atoms with Crippen LogP contribution in [0.15, 0.2) is 72.3 Å². The molecule has 0 spiro atoms. The van der Waals surface area contributed by atoms with E-state index >= 15 is 0 Å². The largest absolute Gasteiger partial charge is 0.507 e. The number of carbonyl (C=O) groups excluding carboxylic acids is 2. The molecule has 5 rings (SSSR count). The second-order valence-corrected chi connectivity index (χ2v) is 9.11.